The maximum atomic E-state index is 11.8. The predicted molar refractivity (Wildman–Crippen MR) is 75.4 cm³/mol. The molecule has 115 valence electrons. The molecule has 0 spiro atoms. The first-order valence-electron chi connectivity index (χ1n) is 5.35. The SMILES string of the molecule is Cc1ncc(CO)c(C=NNC([S-])=[N+](C)C)c1[O-].[Cl][Cu+]. The van der Waals surface area contributed by atoms with Crippen LogP contribution in [-0.4, -0.2) is 40.1 Å². The van der Waals surface area contributed by atoms with E-state index in [9.17, 15) is 5.11 Å². The summed E-state index contributed by atoms with van der Waals surface area (Å²) in [5.74, 6) is -0.247. The van der Waals surface area contributed by atoms with Crippen LogP contribution in [0, 0.1) is 6.92 Å². The molecule has 0 aliphatic carbocycles. The fraction of sp³-hybridized carbons (Fsp3) is 0.364. The van der Waals surface area contributed by atoms with Crippen molar-refractivity contribution in [2.24, 2.45) is 5.10 Å². The van der Waals surface area contributed by atoms with Crippen LogP contribution in [0.25, 0.3) is 0 Å². The number of pyridine rings is 1. The van der Waals surface area contributed by atoms with Gasteiger partial charge in [-0.05, 0) is 12.5 Å². The molecule has 9 heteroatoms. The molecule has 0 saturated heterocycles. The molecule has 6 nitrogen and oxygen atoms in total. The average Bonchev–Trinajstić information content (AvgIpc) is 2.45. The van der Waals surface area contributed by atoms with E-state index in [1.165, 1.54) is 12.4 Å². The van der Waals surface area contributed by atoms with Crippen LogP contribution in [0.15, 0.2) is 11.3 Å². The van der Waals surface area contributed by atoms with Gasteiger partial charge < -0.3 is 22.8 Å². The van der Waals surface area contributed by atoms with Crippen molar-refractivity contribution >= 4 is 34.1 Å². The third-order valence-electron chi connectivity index (χ3n) is 2.26. The van der Waals surface area contributed by atoms with Crippen LogP contribution in [0.5, 0.6) is 5.75 Å². The normalized spacial score (nSPS) is 9.95. The molecule has 1 rings (SSSR count). The van der Waals surface area contributed by atoms with Gasteiger partial charge in [-0.3, -0.25) is 9.56 Å². The number of halogens is 1. The van der Waals surface area contributed by atoms with Gasteiger partial charge in [0.1, 0.15) is 5.17 Å². The third-order valence-corrected chi connectivity index (χ3v) is 2.72. The molecule has 0 aliphatic rings. The van der Waals surface area contributed by atoms with Crippen LogP contribution in [0.2, 0.25) is 0 Å². The second-order valence-corrected chi connectivity index (χ2v) is 4.23. The standard InChI is InChI=1S/C11H16N4O2S.ClH.Cu/c1-7-10(17)9(8(6-16)4-12-7)5-13-14-11(18)15(2)3;;/h4-5,16H,6H2,1-3H3,(H2,12,13,14,17,18);1H;/q;;+2/p-2. The number of aliphatic hydroxyl groups excluding tert-OH is 1. The summed E-state index contributed by atoms with van der Waals surface area (Å²) < 4.78 is 1.68. The Hall–Kier alpha value is -0.921. The van der Waals surface area contributed by atoms with E-state index in [4.69, 9.17) is 17.7 Å². The van der Waals surface area contributed by atoms with Crippen molar-refractivity contribution in [2.75, 3.05) is 14.1 Å². The molecule has 0 saturated carbocycles. The van der Waals surface area contributed by atoms with Crippen molar-refractivity contribution in [3.8, 4) is 5.75 Å². The summed E-state index contributed by atoms with van der Waals surface area (Å²) in [6.45, 7) is 1.35. The first-order chi connectivity index (χ1) is 9.47. The number of aliphatic hydroxyl groups is 1. The third kappa shape index (κ3) is 5.60. The van der Waals surface area contributed by atoms with Gasteiger partial charge in [-0.15, -0.1) is 0 Å². The zero-order chi connectivity index (χ0) is 15.7. The number of nitrogens with zero attached hydrogens (tertiary/aromatic N) is 3. The molecule has 0 unspecified atom stereocenters. The Labute approximate surface area is 136 Å². The van der Waals surface area contributed by atoms with E-state index in [2.05, 4.69) is 40.7 Å². The van der Waals surface area contributed by atoms with Crippen LogP contribution in [0.3, 0.4) is 0 Å². The molecule has 0 aromatic carbocycles. The maximum absolute atomic E-state index is 11.8. The Morgan fingerprint density at radius 1 is 1.65 bits per heavy atom. The topological polar surface area (TPSA) is 83.6 Å². The summed E-state index contributed by atoms with van der Waals surface area (Å²) in [6.07, 6.45) is 2.81. The molecule has 2 N–H and O–H groups in total. The van der Waals surface area contributed by atoms with Gasteiger partial charge >= 0.3 is 25.2 Å². The average molecular weight is 366 g/mol. The number of aromatic nitrogens is 1. The molecule has 0 amide bonds. The van der Waals surface area contributed by atoms with Gasteiger partial charge in [0.25, 0.3) is 0 Å². The first-order valence-corrected chi connectivity index (χ1v) is 7.05. The molecule has 0 radical (unpaired) electrons. The van der Waals surface area contributed by atoms with Gasteiger partial charge in [-0.25, -0.2) is 0 Å². The molecule has 0 bridgehead atoms. The molecule has 0 atom stereocenters. The zero-order valence-corrected chi connectivity index (χ0v) is 13.7. The van der Waals surface area contributed by atoms with Crippen molar-refractivity contribution in [3.05, 3.63) is 23.0 Å². The Kier molecular flexibility index (Phi) is 9.45. The van der Waals surface area contributed by atoms with Gasteiger partial charge in [0.2, 0.25) is 0 Å². The van der Waals surface area contributed by atoms with E-state index < -0.39 is 0 Å². The number of hydrogen-bond donors (Lipinski definition) is 2. The fourth-order valence-corrected chi connectivity index (χ4v) is 1.22. The van der Waals surface area contributed by atoms with E-state index in [1.807, 2.05) is 0 Å². The molecule has 0 fully saturated rings. The van der Waals surface area contributed by atoms with Gasteiger partial charge in [0, 0.05) is 17.5 Å². The number of aryl methyl sites for hydroxylation is 1. The molecular weight excluding hydrogens is 351 g/mol. The number of hydrogen-bond acceptors (Lipinski definition) is 5. The van der Waals surface area contributed by atoms with E-state index in [1.54, 1.807) is 25.6 Å². The fourth-order valence-electron chi connectivity index (χ4n) is 1.16. The predicted octanol–water partition coefficient (Wildman–Crippen LogP) is -0.259. The second-order valence-electron chi connectivity index (χ2n) is 3.84. The zero-order valence-electron chi connectivity index (χ0n) is 11.1. The summed E-state index contributed by atoms with van der Waals surface area (Å²) >= 11 is 8.63. The molecule has 20 heavy (non-hydrogen) atoms. The van der Waals surface area contributed by atoms with Gasteiger partial charge in [0.05, 0.1) is 26.9 Å². The van der Waals surface area contributed by atoms with Crippen molar-refractivity contribution in [1.82, 2.24) is 10.4 Å². The van der Waals surface area contributed by atoms with E-state index in [0.717, 1.165) is 0 Å². The number of rotatable bonds is 3. The Morgan fingerprint density at radius 3 is 2.75 bits per heavy atom. The van der Waals surface area contributed by atoms with Crippen LogP contribution in [0.4, 0.5) is 0 Å². The van der Waals surface area contributed by atoms with Crippen molar-refractivity contribution in [1.29, 1.82) is 0 Å². The van der Waals surface area contributed by atoms with Crippen LogP contribution >= 0.6 is 10.1 Å². The van der Waals surface area contributed by atoms with Crippen molar-refractivity contribution in [3.63, 3.8) is 0 Å². The van der Waals surface area contributed by atoms with Crippen molar-refractivity contribution in [2.45, 2.75) is 13.5 Å². The Bertz CT molecular complexity index is 507. The molecule has 1 aromatic rings. The summed E-state index contributed by atoms with van der Waals surface area (Å²) in [6, 6.07) is 0. The molecule has 1 aromatic heterocycles. The summed E-state index contributed by atoms with van der Waals surface area (Å²) in [7, 11) is 7.76. The number of amidine groups is 1. The van der Waals surface area contributed by atoms with Gasteiger partial charge in [0.15, 0.2) is 0 Å². The number of hydrazone groups is 1. The van der Waals surface area contributed by atoms with E-state index >= 15 is 0 Å². The first kappa shape index (κ1) is 19.1. The van der Waals surface area contributed by atoms with E-state index in [-0.39, 0.29) is 12.4 Å². The minimum atomic E-state index is -0.262. The second kappa shape index (κ2) is 9.90. The van der Waals surface area contributed by atoms with Crippen LogP contribution in [0.1, 0.15) is 16.8 Å². The van der Waals surface area contributed by atoms with E-state index in [0.29, 0.717) is 22.0 Å². The summed E-state index contributed by atoms with van der Waals surface area (Å²) in [4.78, 5) is 3.89. The van der Waals surface area contributed by atoms with Gasteiger partial charge in [-0.1, -0.05) is 10.9 Å². The summed E-state index contributed by atoms with van der Waals surface area (Å²) in [5, 5.41) is 25.3. The molecule has 1 heterocycles. The molecular formula is C11H15ClCuN4O2S. The monoisotopic (exact) mass is 365 g/mol. The number of nitrogens with one attached hydrogen (secondary N) is 1. The quantitative estimate of drug-likeness (QED) is 0.192. The Balaban J connectivity index is 0.00000172. The van der Waals surface area contributed by atoms with Crippen molar-refractivity contribution < 1.29 is 29.9 Å². The van der Waals surface area contributed by atoms with Crippen LogP contribution in [-0.2, 0) is 34.3 Å². The summed E-state index contributed by atoms with van der Waals surface area (Å²) in [5.41, 5.74) is 3.73. The molecule has 0 aliphatic heterocycles. The van der Waals surface area contributed by atoms with Gasteiger partial charge in [-0.2, -0.15) is 5.43 Å². The Morgan fingerprint density at radius 2 is 2.25 bits per heavy atom. The van der Waals surface area contributed by atoms with Crippen LogP contribution < -0.4 is 10.5 Å². The minimum absolute atomic E-state index is 0.247.